The standard InChI is InChI=1S/C21H22BrN3O3/c1-13-7-8-16(22)20-15(13)12-17(23-21(20)27)18-11-14(5-4-9-26)25(24-18)19-6-2-3-10-28-19/h7-8,11,17,19,26H,2-3,6,9-10,12H2,1H3,(H,23,27). The van der Waals surface area contributed by atoms with Crippen molar-refractivity contribution in [1.29, 1.82) is 0 Å². The zero-order chi connectivity index (χ0) is 19.7. The molecule has 1 fully saturated rings. The van der Waals surface area contributed by atoms with E-state index in [1.807, 2.05) is 25.1 Å². The fourth-order valence-electron chi connectivity index (χ4n) is 3.84. The van der Waals surface area contributed by atoms with Crippen LogP contribution in [-0.2, 0) is 11.2 Å². The SMILES string of the molecule is Cc1ccc(Br)c2c1CC(c1cc(C#CCO)n(C3CCCCO3)n1)NC2=O. The summed E-state index contributed by atoms with van der Waals surface area (Å²) >= 11 is 3.49. The molecule has 0 spiro atoms. The number of nitrogens with zero attached hydrogens (tertiary/aromatic N) is 2. The predicted octanol–water partition coefficient (Wildman–Crippen LogP) is 3.02. The van der Waals surface area contributed by atoms with Gasteiger partial charge in [0.2, 0.25) is 0 Å². The third kappa shape index (κ3) is 3.60. The summed E-state index contributed by atoms with van der Waals surface area (Å²) in [6.45, 7) is 2.51. The van der Waals surface area contributed by atoms with Gasteiger partial charge in [0.1, 0.15) is 12.3 Å². The highest BCUT2D eigenvalue weighted by molar-refractivity contribution is 9.10. The maximum absolute atomic E-state index is 12.7. The number of carbonyl (C=O) groups is 1. The lowest BCUT2D eigenvalue weighted by atomic mass is 9.90. The van der Waals surface area contributed by atoms with Crippen molar-refractivity contribution >= 4 is 21.8 Å². The number of nitrogens with one attached hydrogen (secondary N) is 1. The van der Waals surface area contributed by atoms with Crippen LogP contribution in [0.5, 0.6) is 0 Å². The van der Waals surface area contributed by atoms with Crippen LogP contribution < -0.4 is 5.32 Å². The number of hydrogen-bond acceptors (Lipinski definition) is 4. The third-order valence-corrected chi connectivity index (χ3v) is 5.93. The van der Waals surface area contributed by atoms with Crippen molar-refractivity contribution in [3.05, 3.63) is 50.8 Å². The molecule has 2 unspecified atom stereocenters. The Labute approximate surface area is 172 Å². The van der Waals surface area contributed by atoms with Crippen LogP contribution in [0, 0.1) is 18.8 Å². The molecule has 2 N–H and O–H groups in total. The first-order chi connectivity index (χ1) is 13.6. The maximum Gasteiger partial charge on any atom is 0.253 e. The molecular formula is C21H22BrN3O3. The summed E-state index contributed by atoms with van der Waals surface area (Å²) in [5, 5.41) is 16.9. The Hall–Kier alpha value is -2.14. The number of hydrogen-bond donors (Lipinski definition) is 2. The molecule has 1 aromatic carbocycles. The van der Waals surface area contributed by atoms with Crippen molar-refractivity contribution in [3.8, 4) is 11.8 Å². The summed E-state index contributed by atoms with van der Waals surface area (Å²) in [7, 11) is 0. The summed E-state index contributed by atoms with van der Waals surface area (Å²) in [4.78, 5) is 12.7. The lowest BCUT2D eigenvalue weighted by Crippen LogP contribution is -2.36. The van der Waals surface area contributed by atoms with E-state index in [9.17, 15) is 4.79 Å². The van der Waals surface area contributed by atoms with Gasteiger partial charge in [0.15, 0.2) is 6.23 Å². The number of ether oxygens (including phenoxy) is 1. The Morgan fingerprint density at radius 1 is 1.43 bits per heavy atom. The van der Waals surface area contributed by atoms with Gasteiger partial charge in [-0.15, -0.1) is 0 Å². The molecule has 0 aliphatic carbocycles. The number of carbonyl (C=O) groups excluding carboxylic acids is 1. The van der Waals surface area contributed by atoms with Crippen molar-refractivity contribution in [2.75, 3.05) is 13.2 Å². The second-order valence-electron chi connectivity index (χ2n) is 7.13. The van der Waals surface area contributed by atoms with Crippen molar-refractivity contribution < 1.29 is 14.6 Å². The van der Waals surface area contributed by atoms with E-state index in [0.29, 0.717) is 24.3 Å². The molecule has 2 aliphatic rings. The minimum Gasteiger partial charge on any atom is -0.384 e. The van der Waals surface area contributed by atoms with Gasteiger partial charge in [0, 0.05) is 11.1 Å². The largest absolute Gasteiger partial charge is 0.384 e. The second-order valence-corrected chi connectivity index (χ2v) is 7.98. The van der Waals surface area contributed by atoms with Gasteiger partial charge in [-0.3, -0.25) is 4.79 Å². The minimum absolute atomic E-state index is 0.103. The number of amides is 1. The van der Waals surface area contributed by atoms with Crippen molar-refractivity contribution in [1.82, 2.24) is 15.1 Å². The number of benzene rings is 1. The first kappa shape index (κ1) is 19.2. The Morgan fingerprint density at radius 3 is 3.04 bits per heavy atom. The fourth-order valence-corrected chi connectivity index (χ4v) is 4.39. The molecule has 28 heavy (non-hydrogen) atoms. The van der Waals surface area contributed by atoms with Gasteiger partial charge < -0.3 is 15.2 Å². The van der Waals surface area contributed by atoms with Crippen LogP contribution in [0.3, 0.4) is 0 Å². The van der Waals surface area contributed by atoms with E-state index in [4.69, 9.17) is 14.9 Å². The van der Waals surface area contributed by atoms with E-state index < -0.39 is 0 Å². The van der Waals surface area contributed by atoms with Gasteiger partial charge >= 0.3 is 0 Å². The van der Waals surface area contributed by atoms with Gasteiger partial charge in [-0.1, -0.05) is 12.0 Å². The molecule has 4 rings (SSSR count). The Balaban J connectivity index is 1.70. The summed E-state index contributed by atoms with van der Waals surface area (Å²) < 4.78 is 8.48. The molecule has 0 saturated carbocycles. The van der Waals surface area contributed by atoms with Crippen molar-refractivity contribution in [2.24, 2.45) is 0 Å². The van der Waals surface area contributed by atoms with Gasteiger partial charge in [0.25, 0.3) is 5.91 Å². The molecule has 6 nitrogen and oxygen atoms in total. The third-order valence-electron chi connectivity index (χ3n) is 5.27. The van der Waals surface area contributed by atoms with E-state index in [0.717, 1.165) is 40.6 Å². The quantitative estimate of drug-likeness (QED) is 0.699. The van der Waals surface area contributed by atoms with Crippen LogP contribution in [0.1, 0.15) is 64.4 Å². The molecule has 3 heterocycles. The molecule has 0 radical (unpaired) electrons. The van der Waals surface area contributed by atoms with E-state index >= 15 is 0 Å². The highest BCUT2D eigenvalue weighted by atomic mass is 79.9. The Bertz CT molecular complexity index is 967. The van der Waals surface area contributed by atoms with Crippen LogP contribution in [0.15, 0.2) is 22.7 Å². The number of fused-ring (bicyclic) bond motifs is 1. The molecule has 1 amide bonds. The first-order valence-corrected chi connectivity index (χ1v) is 10.3. The summed E-state index contributed by atoms with van der Waals surface area (Å²) in [5.74, 6) is 5.56. The van der Waals surface area contributed by atoms with Gasteiger partial charge in [-0.05, 0) is 77.7 Å². The number of aliphatic hydroxyl groups is 1. The second kappa shape index (κ2) is 8.08. The number of aliphatic hydroxyl groups excluding tert-OH is 1. The molecule has 2 aliphatic heterocycles. The van der Waals surface area contributed by atoms with Crippen molar-refractivity contribution in [2.45, 2.75) is 44.9 Å². The molecule has 7 heteroatoms. The van der Waals surface area contributed by atoms with Crippen LogP contribution in [0.4, 0.5) is 0 Å². The van der Waals surface area contributed by atoms with Crippen LogP contribution in [0.25, 0.3) is 0 Å². The molecular weight excluding hydrogens is 422 g/mol. The Kier molecular flexibility index (Phi) is 5.54. The number of aryl methyl sites for hydroxylation is 1. The molecule has 0 bridgehead atoms. The lowest BCUT2D eigenvalue weighted by Gasteiger charge is -2.27. The molecule has 2 atom stereocenters. The molecule has 1 aromatic heterocycles. The van der Waals surface area contributed by atoms with E-state index in [1.54, 1.807) is 4.68 Å². The molecule has 1 saturated heterocycles. The fraction of sp³-hybridized carbons (Fsp3) is 0.429. The highest BCUT2D eigenvalue weighted by Gasteiger charge is 2.31. The van der Waals surface area contributed by atoms with Crippen LogP contribution in [0.2, 0.25) is 0 Å². The normalized spacial score (nSPS) is 21.5. The Morgan fingerprint density at radius 2 is 2.29 bits per heavy atom. The van der Waals surface area contributed by atoms with Gasteiger partial charge in [0.05, 0.1) is 17.3 Å². The monoisotopic (exact) mass is 443 g/mol. The molecule has 2 aromatic rings. The topological polar surface area (TPSA) is 76.4 Å². The smallest absolute Gasteiger partial charge is 0.253 e. The summed E-state index contributed by atoms with van der Waals surface area (Å²) in [6, 6.07) is 5.59. The van der Waals surface area contributed by atoms with Crippen molar-refractivity contribution in [3.63, 3.8) is 0 Å². The number of halogens is 1. The zero-order valence-electron chi connectivity index (χ0n) is 15.7. The summed E-state index contributed by atoms with van der Waals surface area (Å²) in [6.07, 6.45) is 3.51. The summed E-state index contributed by atoms with van der Waals surface area (Å²) in [5.41, 5.74) is 4.28. The maximum atomic E-state index is 12.7. The number of aromatic nitrogens is 2. The average Bonchev–Trinajstić information content (AvgIpc) is 3.14. The van der Waals surface area contributed by atoms with E-state index in [-0.39, 0.29) is 24.8 Å². The highest BCUT2D eigenvalue weighted by Crippen LogP contribution is 2.33. The van der Waals surface area contributed by atoms with Crippen LogP contribution in [-0.4, -0.2) is 34.0 Å². The number of rotatable bonds is 2. The average molecular weight is 444 g/mol. The predicted molar refractivity (Wildman–Crippen MR) is 108 cm³/mol. The zero-order valence-corrected chi connectivity index (χ0v) is 17.3. The van der Waals surface area contributed by atoms with E-state index in [2.05, 4.69) is 33.1 Å². The van der Waals surface area contributed by atoms with E-state index in [1.165, 1.54) is 0 Å². The lowest BCUT2D eigenvalue weighted by molar-refractivity contribution is -0.0402. The van der Waals surface area contributed by atoms with Gasteiger partial charge in [-0.2, -0.15) is 5.10 Å². The van der Waals surface area contributed by atoms with Crippen LogP contribution >= 0.6 is 15.9 Å². The first-order valence-electron chi connectivity index (χ1n) is 9.48. The minimum atomic E-state index is -0.229. The molecule has 146 valence electrons. The van der Waals surface area contributed by atoms with Gasteiger partial charge in [-0.25, -0.2) is 4.68 Å².